The van der Waals surface area contributed by atoms with Crippen LogP contribution in [0.4, 0.5) is 0 Å². The summed E-state index contributed by atoms with van der Waals surface area (Å²) in [6.45, 7) is 0.246. The summed E-state index contributed by atoms with van der Waals surface area (Å²) in [6, 6.07) is 8.82. The lowest BCUT2D eigenvalue weighted by Gasteiger charge is -2.01. The molecule has 1 amide bonds. The highest BCUT2D eigenvalue weighted by Gasteiger charge is 2.10. The van der Waals surface area contributed by atoms with Crippen LogP contribution in [0.2, 0.25) is 4.34 Å². The SMILES string of the molecule is N#CC(=Cc1ccc(Cl)s1)C(=O)NCc1ccco1. The molecule has 0 aliphatic heterocycles. The Balaban J connectivity index is 2.03. The van der Waals surface area contributed by atoms with E-state index in [0.29, 0.717) is 10.1 Å². The van der Waals surface area contributed by atoms with Gasteiger partial charge in [-0.2, -0.15) is 5.26 Å². The Morgan fingerprint density at radius 3 is 2.95 bits per heavy atom. The average molecular weight is 293 g/mol. The smallest absolute Gasteiger partial charge is 0.262 e. The normalized spacial score (nSPS) is 11.1. The van der Waals surface area contributed by atoms with Crippen LogP contribution in [0.25, 0.3) is 6.08 Å². The minimum Gasteiger partial charge on any atom is -0.467 e. The number of nitrogens with one attached hydrogen (secondary N) is 1. The van der Waals surface area contributed by atoms with Crippen molar-refractivity contribution < 1.29 is 9.21 Å². The molecule has 0 spiro atoms. The Morgan fingerprint density at radius 1 is 1.53 bits per heavy atom. The second kappa shape index (κ2) is 6.23. The molecule has 0 aromatic carbocycles. The summed E-state index contributed by atoms with van der Waals surface area (Å²) >= 11 is 7.09. The van der Waals surface area contributed by atoms with Gasteiger partial charge in [0.2, 0.25) is 0 Å². The highest BCUT2D eigenvalue weighted by atomic mass is 35.5. The maximum Gasteiger partial charge on any atom is 0.262 e. The van der Waals surface area contributed by atoms with Gasteiger partial charge in [-0.15, -0.1) is 11.3 Å². The molecular weight excluding hydrogens is 284 g/mol. The Labute approximate surface area is 118 Å². The number of hydrogen-bond donors (Lipinski definition) is 1. The molecule has 2 aromatic heterocycles. The molecule has 6 heteroatoms. The maximum absolute atomic E-state index is 11.8. The van der Waals surface area contributed by atoms with Crippen LogP contribution < -0.4 is 5.32 Å². The molecule has 4 nitrogen and oxygen atoms in total. The summed E-state index contributed by atoms with van der Waals surface area (Å²) in [5.41, 5.74) is 0.0325. The molecule has 0 saturated carbocycles. The third kappa shape index (κ3) is 3.71. The number of halogens is 1. The van der Waals surface area contributed by atoms with E-state index in [1.165, 1.54) is 23.7 Å². The van der Waals surface area contributed by atoms with Crippen LogP contribution in [0.3, 0.4) is 0 Å². The van der Waals surface area contributed by atoms with Crippen molar-refractivity contribution in [2.75, 3.05) is 0 Å². The lowest BCUT2D eigenvalue weighted by atomic mass is 10.2. The summed E-state index contributed by atoms with van der Waals surface area (Å²) in [5, 5.41) is 11.6. The first kappa shape index (κ1) is 13.4. The first-order chi connectivity index (χ1) is 9.19. The van der Waals surface area contributed by atoms with Gasteiger partial charge in [0.15, 0.2) is 0 Å². The topological polar surface area (TPSA) is 66.0 Å². The zero-order chi connectivity index (χ0) is 13.7. The van der Waals surface area contributed by atoms with E-state index in [-0.39, 0.29) is 12.1 Å². The Kier molecular flexibility index (Phi) is 4.39. The van der Waals surface area contributed by atoms with Crippen LogP contribution in [-0.2, 0) is 11.3 Å². The van der Waals surface area contributed by atoms with Crippen LogP contribution in [0.1, 0.15) is 10.6 Å². The number of nitrogens with zero attached hydrogens (tertiary/aromatic N) is 1. The van der Waals surface area contributed by atoms with Crippen molar-refractivity contribution in [3.8, 4) is 6.07 Å². The Hall–Kier alpha value is -2.03. The van der Waals surface area contributed by atoms with Gasteiger partial charge < -0.3 is 9.73 Å². The van der Waals surface area contributed by atoms with Crippen molar-refractivity contribution in [2.24, 2.45) is 0 Å². The number of furan rings is 1. The molecule has 96 valence electrons. The quantitative estimate of drug-likeness (QED) is 0.695. The number of nitriles is 1. The van der Waals surface area contributed by atoms with Crippen molar-refractivity contribution in [3.63, 3.8) is 0 Å². The van der Waals surface area contributed by atoms with Gasteiger partial charge in [0.1, 0.15) is 17.4 Å². The first-order valence-corrected chi connectivity index (χ1v) is 6.56. The number of carbonyl (C=O) groups excluding carboxylic acids is 1. The second-order valence-corrected chi connectivity index (χ2v) is 5.32. The van der Waals surface area contributed by atoms with Gasteiger partial charge in [-0.3, -0.25) is 4.79 Å². The molecule has 0 atom stereocenters. The first-order valence-electron chi connectivity index (χ1n) is 5.37. The molecule has 0 bridgehead atoms. The van der Waals surface area contributed by atoms with E-state index in [1.54, 1.807) is 24.3 Å². The summed E-state index contributed by atoms with van der Waals surface area (Å²) in [4.78, 5) is 12.6. The fraction of sp³-hybridized carbons (Fsp3) is 0.0769. The van der Waals surface area contributed by atoms with Crippen molar-refractivity contribution >= 4 is 34.9 Å². The highest BCUT2D eigenvalue weighted by Crippen LogP contribution is 2.23. The summed E-state index contributed by atoms with van der Waals surface area (Å²) in [5.74, 6) is 0.188. The zero-order valence-corrected chi connectivity index (χ0v) is 11.3. The van der Waals surface area contributed by atoms with Gasteiger partial charge in [0, 0.05) is 4.88 Å². The van der Waals surface area contributed by atoms with Gasteiger partial charge in [0.25, 0.3) is 5.91 Å². The molecule has 1 N–H and O–H groups in total. The second-order valence-electron chi connectivity index (χ2n) is 3.57. The van der Waals surface area contributed by atoms with Gasteiger partial charge in [-0.05, 0) is 30.3 Å². The van der Waals surface area contributed by atoms with Crippen LogP contribution >= 0.6 is 22.9 Å². The van der Waals surface area contributed by atoms with Crippen molar-refractivity contribution in [2.45, 2.75) is 6.54 Å². The van der Waals surface area contributed by atoms with E-state index in [9.17, 15) is 4.79 Å². The van der Waals surface area contributed by atoms with Crippen LogP contribution in [0, 0.1) is 11.3 Å². The fourth-order valence-electron chi connectivity index (χ4n) is 1.37. The van der Waals surface area contributed by atoms with E-state index in [1.807, 2.05) is 6.07 Å². The van der Waals surface area contributed by atoms with Crippen molar-refractivity contribution in [3.05, 3.63) is 51.1 Å². The molecule has 2 aromatic rings. The fourth-order valence-corrected chi connectivity index (χ4v) is 2.38. The van der Waals surface area contributed by atoms with Gasteiger partial charge in [0.05, 0.1) is 17.1 Å². The van der Waals surface area contributed by atoms with Crippen LogP contribution in [0.15, 0.2) is 40.5 Å². The third-order valence-corrected chi connectivity index (χ3v) is 3.43. The molecule has 0 aliphatic carbocycles. The Bertz CT molecular complexity index is 638. The number of amides is 1. The molecule has 0 aliphatic rings. The summed E-state index contributed by atoms with van der Waals surface area (Å²) in [7, 11) is 0. The number of hydrogen-bond acceptors (Lipinski definition) is 4. The van der Waals surface area contributed by atoms with E-state index in [2.05, 4.69) is 5.32 Å². The van der Waals surface area contributed by atoms with E-state index >= 15 is 0 Å². The maximum atomic E-state index is 11.8. The highest BCUT2D eigenvalue weighted by molar-refractivity contribution is 7.17. The molecule has 0 saturated heterocycles. The third-order valence-electron chi connectivity index (χ3n) is 2.25. The van der Waals surface area contributed by atoms with Crippen LogP contribution in [-0.4, -0.2) is 5.91 Å². The van der Waals surface area contributed by atoms with Crippen molar-refractivity contribution in [1.29, 1.82) is 5.26 Å². The number of rotatable bonds is 4. The van der Waals surface area contributed by atoms with Crippen LogP contribution in [0.5, 0.6) is 0 Å². The zero-order valence-electron chi connectivity index (χ0n) is 9.72. The van der Waals surface area contributed by atoms with Gasteiger partial charge in [-0.1, -0.05) is 11.6 Å². The Morgan fingerprint density at radius 2 is 2.37 bits per heavy atom. The van der Waals surface area contributed by atoms with E-state index in [0.717, 1.165) is 4.88 Å². The molecule has 0 unspecified atom stereocenters. The predicted molar refractivity (Wildman–Crippen MR) is 73.5 cm³/mol. The van der Waals surface area contributed by atoms with E-state index < -0.39 is 5.91 Å². The largest absolute Gasteiger partial charge is 0.467 e. The van der Waals surface area contributed by atoms with Gasteiger partial charge >= 0.3 is 0 Å². The molecule has 2 heterocycles. The lowest BCUT2D eigenvalue weighted by Crippen LogP contribution is -2.23. The molecular formula is C13H9ClN2O2S. The van der Waals surface area contributed by atoms with Gasteiger partial charge in [-0.25, -0.2) is 0 Å². The number of thiophene rings is 1. The predicted octanol–water partition coefficient (Wildman–Crippen LogP) is 3.22. The monoisotopic (exact) mass is 292 g/mol. The minimum absolute atomic E-state index is 0.0325. The van der Waals surface area contributed by atoms with E-state index in [4.69, 9.17) is 21.3 Å². The molecule has 2 rings (SSSR count). The number of carbonyl (C=O) groups is 1. The molecule has 19 heavy (non-hydrogen) atoms. The van der Waals surface area contributed by atoms with Crippen molar-refractivity contribution in [1.82, 2.24) is 5.32 Å². The summed E-state index contributed by atoms with van der Waals surface area (Å²) in [6.07, 6.45) is 3.03. The minimum atomic E-state index is -0.441. The standard InChI is InChI=1S/C13H9ClN2O2S/c14-12-4-3-11(19-12)6-9(7-15)13(17)16-8-10-2-1-5-18-10/h1-6H,8H2,(H,16,17). The molecule has 0 radical (unpaired) electrons. The summed E-state index contributed by atoms with van der Waals surface area (Å²) < 4.78 is 5.70. The lowest BCUT2D eigenvalue weighted by molar-refractivity contribution is -0.117. The molecule has 0 fully saturated rings. The average Bonchev–Trinajstić information content (AvgIpc) is 3.04.